The molecule has 0 amide bonds. The lowest BCUT2D eigenvalue weighted by molar-refractivity contribution is 0.0689. The van der Waals surface area contributed by atoms with Crippen LogP contribution in [0, 0.1) is 0 Å². The van der Waals surface area contributed by atoms with Crippen LogP contribution in [0.1, 0.15) is 10.5 Å². The van der Waals surface area contributed by atoms with Crippen LogP contribution in [0.25, 0.3) is 11.3 Å². The van der Waals surface area contributed by atoms with Gasteiger partial charge in [-0.25, -0.2) is 4.79 Å². The SMILES string of the molecule is Cn1nc(C(=O)O)cc1-c1cc(Br)cc(O)c1O. The van der Waals surface area contributed by atoms with E-state index in [2.05, 4.69) is 21.0 Å². The van der Waals surface area contributed by atoms with Crippen LogP contribution in [0.2, 0.25) is 0 Å². The van der Waals surface area contributed by atoms with Gasteiger partial charge in [-0.15, -0.1) is 0 Å². The molecule has 18 heavy (non-hydrogen) atoms. The highest BCUT2D eigenvalue weighted by Crippen LogP contribution is 2.39. The third-order valence-electron chi connectivity index (χ3n) is 2.43. The van der Waals surface area contributed by atoms with Crippen LogP contribution in [0.4, 0.5) is 0 Å². The Morgan fingerprint density at radius 2 is 2.00 bits per heavy atom. The van der Waals surface area contributed by atoms with Crippen LogP contribution in [0.3, 0.4) is 0 Å². The number of rotatable bonds is 2. The number of aromatic nitrogens is 2. The molecule has 0 aliphatic rings. The number of hydrogen-bond donors (Lipinski definition) is 3. The van der Waals surface area contributed by atoms with Gasteiger partial charge in [-0.3, -0.25) is 4.68 Å². The lowest BCUT2D eigenvalue weighted by atomic mass is 10.1. The number of carbonyl (C=O) groups is 1. The van der Waals surface area contributed by atoms with E-state index in [4.69, 9.17) is 5.11 Å². The lowest BCUT2D eigenvalue weighted by Crippen LogP contribution is -1.99. The Hall–Kier alpha value is -2.02. The van der Waals surface area contributed by atoms with Gasteiger partial charge in [0.1, 0.15) is 0 Å². The van der Waals surface area contributed by atoms with Gasteiger partial charge in [0.05, 0.1) is 5.69 Å². The number of aromatic hydroxyl groups is 2. The molecule has 0 saturated heterocycles. The van der Waals surface area contributed by atoms with Crippen molar-refractivity contribution in [3.05, 3.63) is 28.4 Å². The third kappa shape index (κ3) is 2.04. The predicted molar refractivity (Wildman–Crippen MR) is 66.6 cm³/mol. The first-order chi connectivity index (χ1) is 8.40. The van der Waals surface area contributed by atoms with Gasteiger partial charge in [-0.2, -0.15) is 5.10 Å². The van der Waals surface area contributed by atoms with Crippen molar-refractivity contribution in [2.75, 3.05) is 0 Å². The first kappa shape index (κ1) is 12.4. The van der Waals surface area contributed by atoms with Crippen molar-refractivity contribution in [1.82, 2.24) is 9.78 Å². The van der Waals surface area contributed by atoms with Crippen LogP contribution in [-0.4, -0.2) is 31.1 Å². The van der Waals surface area contributed by atoms with Crippen molar-refractivity contribution in [2.24, 2.45) is 7.05 Å². The minimum Gasteiger partial charge on any atom is -0.504 e. The van der Waals surface area contributed by atoms with Gasteiger partial charge in [0.25, 0.3) is 0 Å². The van der Waals surface area contributed by atoms with E-state index in [9.17, 15) is 15.0 Å². The number of carboxylic acid groups (broad SMARTS) is 1. The van der Waals surface area contributed by atoms with Gasteiger partial charge in [-0.1, -0.05) is 15.9 Å². The van der Waals surface area contributed by atoms with E-state index in [0.29, 0.717) is 15.7 Å². The predicted octanol–water partition coefficient (Wildman–Crippen LogP) is 1.96. The number of aromatic carboxylic acids is 1. The Kier molecular flexibility index (Phi) is 3.00. The molecule has 0 spiro atoms. The van der Waals surface area contributed by atoms with Crippen LogP contribution in [-0.2, 0) is 7.05 Å². The van der Waals surface area contributed by atoms with E-state index in [0.717, 1.165) is 0 Å². The second-order valence-corrected chi connectivity index (χ2v) is 4.58. The minimum absolute atomic E-state index is 0.133. The number of aryl methyl sites for hydroxylation is 1. The van der Waals surface area contributed by atoms with Gasteiger partial charge in [0, 0.05) is 17.1 Å². The topological polar surface area (TPSA) is 95.6 Å². The summed E-state index contributed by atoms with van der Waals surface area (Å²) in [4.78, 5) is 10.8. The maximum Gasteiger partial charge on any atom is 0.356 e. The highest BCUT2D eigenvalue weighted by Gasteiger charge is 2.17. The number of phenolic OH excluding ortho intramolecular Hbond substituents is 2. The van der Waals surface area contributed by atoms with E-state index in [1.807, 2.05) is 0 Å². The van der Waals surface area contributed by atoms with E-state index < -0.39 is 5.97 Å². The van der Waals surface area contributed by atoms with Crippen LogP contribution in [0.15, 0.2) is 22.7 Å². The zero-order chi connectivity index (χ0) is 13.4. The summed E-state index contributed by atoms with van der Waals surface area (Å²) in [6.07, 6.45) is 0. The first-order valence-electron chi connectivity index (χ1n) is 4.89. The van der Waals surface area contributed by atoms with Gasteiger partial charge >= 0.3 is 5.97 Å². The van der Waals surface area contributed by atoms with Gasteiger partial charge in [0.2, 0.25) is 0 Å². The molecular formula is C11H9BrN2O4. The summed E-state index contributed by atoms with van der Waals surface area (Å²) < 4.78 is 1.88. The van der Waals surface area contributed by atoms with Crippen molar-refractivity contribution in [3.8, 4) is 22.8 Å². The quantitative estimate of drug-likeness (QED) is 0.737. The summed E-state index contributed by atoms with van der Waals surface area (Å²) in [5, 5.41) is 32.0. The Morgan fingerprint density at radius 1 is 1.33 bits per heavy atom. The van der Waals surface area contributed by atoms with Gasteiger partial charge in [0.15, 0.2) is 17.2 Å². The molecule has 7 heteroatoms. The smallest absolute Gasteiger partial charge is 0.356 e. The fraction of sp³-hybridized carbons (Fsp3) is 0.0909. The van der Waals surface area contributed by atoms with Crippen molar-refractivity contribution < 1.29 is 20.1 Å². The number of carboxylic acids is 1. The molecule has 0 atom stereocenters. The minimum atomic E-state index is -1.16. The summed E-state index contributed by atoms with van der Waals surface area (Å²) in [7, 11) is 1.55. The van der Waals surface area contributed by atoms with E-state index in [1.54, 1.807) is 13.1 Å². The number of hydrogen-bond acceptors (Lipinski definition) is 4. The lowest BCUT2D eigenvalue weighted by Gasteiger charge is -2.07. The molecule has 0 fully saturated rings. The molecule has 0 aliphatic carbocycles. The Morgan fingerprint density at radius 3 is 2.56 bits per heavy atom. The number of phenols is 2. The molecule has 0 aliphatic heterocycles. The van der Waals surface area contributed by atoms with Crippen molar-refractivity contribution in [3.63, 3.8) is 0 Å². The van der Waals surface area contributed by atoms with Gasteiger partial charge < -0.3 is 15.3 Å². The zero-order valence-corrected chi connectivity index (χ0v) is 10.8. The maximum absolute atomic E-state index is 10.8. The van der Waals surface area contributed by atoms with Crippen LogP contribution < -0.4 is 0 Å². The average Bonchev–Trinajstić information content (AvgIpc) is 2.66. The molecule has 0 unspecified atom stereocenters. The summed E-state index contributed by atoms with van der Waals surface area (Å²) in [6.45, 7) is 0. The molecule has 3 N–H and O–H groups in total. The van der Waals surface area contributed by atoms with Crippen molar-refractivity contribution >= 4 is 21.9 Å². The molecular weight excluding hydrogens is 304 g/mol. The van der Waals surface area contributed by atoms with Crippen LogP contribution >= 0.6 is 15.9 Å². The highest BCUT2D eigenvalue weighted by molar-refractivity contribution is 9.10. The zero-order valence-electron chi connectivity index (χ0n) is 9.25. The first-order valence-corrected chi connectivity index (χ1v) is 5.68. The summed E-state index contributed by atoms with van der Waals surface area (Å²) in [6, 6.07) is 4.23. The van der Waals surface area contributed by atoms with E-state index in [-0.39, 0.29) is 17.2 Å². The monoisotopic (exact) mass is 312 g/mol. The van der Waals surface area contributed by atoms with Crippen LogP contribution in [0.5, 0.6) is 11.5 Å². The standard InChI is InChI=1S/C11H9BrN2O4/c1-14-8(4-7(13-14)11(17)18)6-2-5(12)3-9(15)10(6)16/h2-4,15-16H,1H3,(H,17,18). The van der Waals surface area contributed by atoms with Gasteiger partial charge in [-0.05, 0) is 18.2 Å². The van der Waals surface area contributed by atoms with Crippen molar-refractivity contribution in [2.45, 2.75) is 0 Å². The Bertz CT molecular complexity index is 636. The fourth-order valence-corrected chi connectivity index (χ4v) is 2.05. The number of benzene rings is 1. The maximum atomic E-state index is 10.8. The summed E-state index contributed by atoms with van der Waals surface area (Å²) >= 11 is 3.19. The summed E-state index contributed by atoms with van der Waals surface area (Å²) in [5.74, 6) is -1.77. The molecule has 1 aromatic carbocycles. The highest BCUT2D eigenvalue weighted by atomic mass is 79.9. The van der Waals surface area contributed by atoms with E-state index >= 15 is 0 Å². The third-order valence-corrected chi connectivity index (χ3v) is 2.89. The molecule has 1 aromatic heterocycles. The molecule has 1 heterocycles. The summed E-state index contributed by atoms with van der Waals surface area (Å²) in [5.41, 5.74) is 0.553. The second kappa shape index (κ2) is 4.34. The fourth-order valence-electron chi connectivity index (χ4n) is 1.60. The molecule has 94 valence electrons. The van der Waals surface area contributed by atoms with Crippen molar-refractivity contribution in [1.29, 1.82) is 0 Å². The normalized spacial score (nSPS) is 10.6. The number of halogens is 1. The van der Waals surface area contributed by atoms with E-state index in [1.165, 1.54) is 16.8 Å². The Labute approximate surface area is 110 Å². The molecule has 0 radical (unpaired) electrons. The molecule has 0 saturated carbocycles. The Balaban J connectivity index is 2.65. The average molecular weight is 313 g/mol. The molecule has 2 rings (SSSR count). The molecule has 0 bridgehead atoms. The largest absolute Gasteiger partial charge is 0.504 e. The molecule has 6 nitrogen and oxygen atoms in total. The second-order valence-electron chi connectivity index (χ2n) is 3.66. The molecule has 2 aromatic rings. The number of nitrogens with zero attached hydrogens (tertiary/aromatic N) is 2.